The van der Waals surface area contributed by atoms with Crippen molar-refractivity contribution >= 4 is 11.8 Å². The maximum Gasteiger partial charge on any atom is 0.251 e. The Morgan fingerprint density at radius 1 is 1.32 bits per heavy atom. The molecule has 1 saturated carbocycles. The van der Waals surface area contributed by atoms with E-state index in [1.54, 1.807) is 18.2 Å². The standard InChI is InChI=1S/C16H21FN2O3/c1-11(22-19-16(21)12-6-2-3-7-12)15(20)18-10-13-8-4-5-9-14(13)17/h4-5,8-9,11-12H,2-3,6-7,10H2,1H3,(H,18,20)(H,19,21). The highest BCUT2D eigenvalue weighted by atomic mass is 19.1. The van der Waals surface area contributed by atoms with E-state index in [9.17, 15) is 14.0 Å². The van der Waals surface area contributed by atoms with E-state index >= 15 is 0 Å². The fraction of sp³-hybridized carbons (Fsp3) is 0.500. The predicted octanol–water partition coefficient (Wildman–Crippen LogP) is 2.07. The van der Waals surface area contributed by atoms with Crippen LogP contribution in [-0.2, 0) is 21.0 Å². The van der Waals surface area contributed by atoms with Crippen LogP contribution in [0.3, 0.4) is 0 Å². The van der Waals surface area contributed by atoms with Crippen LogP contribution in [0.2, 0.25) is 0 Å². The molecule has 0 radical (unpaired) electrons. The van der Waals surface area contributed by atoms with Gasteiger partial charge in [0, 0.05) is 18.0 Å². The van der Waals surface area contributed by atoms with Crippen molar-refractivity contribution in [2.45, 2.75) is 45.3 Å². The van der Waals surface area contributed by atoms with Gasteiger partial charge in [-0.05, 0) is 25.8 Å². The third-order valence-electron chi connectivity index (χ3n) is 3.84. The number of amides is 2. The molecule has 22 heavy (non-hydrogen) atoms. The van der Waals surface area contributed by atoms with Gasteiger partial charge in [0.15, 0.2) is 6.10 Å². The molecular weight excluding hydrogens is 287 g/mol. The number of benzene rings is 1. The van der Waals surface area contributed by atoms with Gasteiger partial charge in [-0.15, -0.1) is 0 Å². The Balaban J connectivity index is 1.72. The Morgan fingerprint density at radius 3 is 2.68 bits per heavy atom. The van der Waals surface area contributed by atoms with E-state index < -0.39 is 12.0 Å². The molecule has 1 fully saturated rings. The maximum atomic E-state index is 13.4. The molecule has 1 atom stereocenters. The van der Waals surface area contributed by atoms with Gasteiger partial charge in [-0.25, -0.2) is 9.87 Å². The molecule has 2 amide bonds. The smallest absolute Gasteiger partial charge is 0.251 e. The molecule has 1 aromatic rings. The predicted molar refractivity (Wildman–Crippen MR) is 78.9 cm³/mol. The number of nitrogens with one attached hydrogen (secondary N) is 2. The van der Waals surface area contributed by atoms with Gasteiger partial charge in [-0.3, -0.25) is 14.4 Å². The summed E-state index contributed by atoms with van der Waals surface area (Å²) < 4.78 is 13.4. The van der Waals surface area contributed by atoms with E-state index in [0.29, 0.717) is 5.56 Å². The van der Waals surface area contributed by atoms with Gasteiger partial charge in [0.05, 0.1) is 0 Å². The lowest BCUT2D eigenvalue weighted by Crippen LogP contribution is -2.40. The van der Waals surface area contributed by atoms with Crippen LogP contribution in [0.1, 0.15) is 38.2 Å². The largest absolute Gasteiger partial charge is 0.350 e. The van der Waals surface area contributed by atoms with Crippen molar-refractivity contribution in [3.63, 3.8) is 0 Å². The Labute approximate surface area is 129 Å². The molecule has 1 aromatic carbocycles. The normalized spacial score (nSPS) is 16.3. The second-order valence-corrected chi connectivity index (χ2v) is 5.52. The Morgan fingerprint density at radius 2 is 2.00 bits per heavy atom. The molecular formula is C16H21FN2O3. The van der Waals surface area contributed by atoms with Crippen molar-refractivity contribution < 1.29 is 18.8 Å². The van der Waals surface area contributed by atoms with Crippen LogP contribution in [0.5, 0.6) is 0 Å². The van der Waals surface area contributed by atoms with Crippen molar-refractivity contribution in [1.82, 2.24) is 10.8 Å². The molecule has 5 nitrogen and oxygen atoms in total. The molecule has 120 valence electrons. The Hall–Kier alpha value is -1.95. The third kappa shape index (κ3) is 4.53. The summed E-state index contributed by atoms with van der Waals surface area (Å²) in [6, 6.07) is 6.23. The molecule has 2 N–H and O–H groups in total. The minimum absolute atomic E-state index is 0.0197. The molecule has 1 aliphatic rings. The first kappa shape index (κ1) is 16.4. The highest BCUT2D eigenvalue weighted by molar-refractivity contribution is 5.81. The van der Waals surface area contributed by atoms with Gasteiger partial charge in [0.25, 0.3) is 5.91 Å². The summed E-state index contributed by atoms with van der Waals surface area (Å²) in [5, 5.41) is 2.58. The molecule has 0 spiro atoms. The number of halogens is 1. The van der Waals surface area contributed by atoms with Crippen molar-refractivity contribution in [2.24, 2.45) is 5.92 Å². The SMILES string of the molecule is CC(ONC(=O)C1CCCC1)C(=O)NCc1ccccc1F. The first-order valence-electron chi connectivity index (χ1n) is 7.54. The average Bonchev–Trinajstić information content (AvgIpc) is 3.05. The quantitative estimate of drug-likeness (QED) is 0.791. The Kier molecular flexibility index (Phi) is 5.89. The van der Waals surface area contributed by atoms with E-state index in [1.807, 2.05) is 0 Å². The topological polar surface area (TPSA) is 67.4 Å². The van der Waals surface area contributed by atoms with Crippen molar-refractivity contribution in [3.05, 3.63) is 35.6 Å². The monoisotopic (exact) mass is 308 g/mol. The molecule has 2 rings (SSSR count). The van der Waals surface area contributed by atoms with E-state index in [0.717, 1.165) is 25.7 Å². The van der Waals surface area contributed by atoms with E-state index in [-0.39, 0.29) is 24.2 Å². The maximum absolute atomic E-state index is 13.4. The van der Waals surface area contributed by atoms with Gasteiger partial charge >= 0.3 is 0 Å². The fourth-order valence-corrected chi connectivity index (χ4v) is 2.44. The number of hydrogen-bond acceptors (Lipinski definition) is 3. The van der Waals surface area contributed by atoms with Crippen molar-refractivity contribution in [2.75, 3.05) is 0 Å². The van der Waals surface area contributed by atoms with E-state index in [4.69, 9.17) is 4.84 Å². The van der Waals surface area contributed by atoms with E-state index in [1.165, 1.54) is 13.0 Å². The summed E-state index contributed by atoms with van der Waals surface area (Å²) in [6.07, 6.45) is 3.00. The van der Waals surface area contributed by atoms with Crippen LogP contribution in [0.25, 0.3) is 0 Å². The lowest BCUT2D eigenvalue weighted by Gasteiger charge is -2.15. The van der Waals surface area contributed by atoms with E-state index in [2.05, 4.69) is 10.8 Å². The highest BCUT2D eigenvalue weighted by Gasteiger charge is 2.24. The molecule has 0 heterocycles. The second kappa shape index (κ2) is 7.89. The first-order chi connectivity index (χ1) is 10.6. The average molecular weight is 308 g/mol. The van der Waals surface area contributed by atoms with Crippen LogP contribution in [0, 0.1) is 11.7 Å². The second-order valence-electron chi connectivity index (χ2n) is 5.52. The van der Waals surface area contributed by atoms with Crippen molar-refractivity contribution in [1.29, 1.82) is 0 Å². The zero-order chi connectivity index (χ0) is 15.9. The third-order valence-corrected chi connectivity index (χ3v) is 3.84. The molecule has 1 unspecified atom stereocenters. The number of rotatable bonds is 6. The molecule has 0 aromatic heterocycles. The molecule has 6 heteroatoms. The van der Waals surface area contributed by atoms with Gasteiger partial charge in [0.2, 0.25) is 5.91 Å². The number of hydrogen-bond donors (Lipinski definition) is 2. The summed E-state index contributed by atoms with van der Waals surface area (Å²) in [7, 11) is 0. The van der Waals surface area contributed by atoms with Gasteiger partial charge in [0.1, 0.15) is 5.82 Å². The number of hydroxylamine groups is 1. The minimum atomic E-state index is -0.836. The zero-order valence-electron chi connectivity index (χ0n) is 12.6. The highest BCUT2D eigenvalue weighted by Crippen LogP contribution is 2.24. The molecule has 1 aliphatic carbocycles. The zero-order valence-corrected chi connectivity index (χ0v) is 12.6. The summed E-state index contributed by atoms with van der Waals surface area (Å²) in [5.41, 5.74) is 2.74. The number of carbonyl (C=O) groups excluding carboxylic acids is 2. The molecule has 0 aliphatic heterocycles. The van der Waals surface area contributed by atoms with Crippen LogP contribution in [0.15, 0.2) is 24.3 Å². The molecule has 0 bridgehead atoms. The lowest BCUT2D eigenvalue weighted by molar-refractivity contribution is -0.149. The van der Waals surface area contributed by atoms with Gasteiger partial charge in [-0.2, -0.15) is 0 Å². The molecule has 0 saturated heterocycles. The van der Waals surface area contributed by atoms with Crippen molar-refractivity contribution in [3.8, 4) is 0 Å². The summed E-state index contributed by atoms with van der Waals surface area (Å²) in [4.78, 5) is 28.7. The van der Waals surface area contributed by atoms with Crippen LogP contribution in [-0.4, -0.2) is 17.9 Å². The fourth-order valence-electron chi connectivity index (χ4n) is 2.44. The lowest BCUT2D eigenvalue weighted by atomic mass is 10.1. The van der Waals surface area contributed by atoms with Crippen LogP contribution >= 0.6 is 0 Å². The Bertz CT molecular complexity index is 530. The van der Waals surface area contributed by atoms with Gasteiger partial charge in [-0.1, -0.05) is 31.0 Å². The summed E-state index contributed by atoms with van der Waals surface area (Å²) in [6.45, 7) is 1.61. The van der Waals surface area contributed by atoms with Gasteiger partial charge < -0.3 is 5.32 Å². The summed E-state index contributed by atoms with van der Waals surface area (Å²) >= 11 is 0. The summed E-state index contributed by atoms with van der Waals surface area (Å²) in [5.74, 6) is -0.971. The minimum Gasteiger partial charge on any atom is -0.350 e. The van der Waals surface area contributed by atoms with Crippen LogP contribution in [0.4, 0.5) is 4.39 Å². The first-order valence-corrected chi connectivity index (χ1v) is 7.54. The number of carbonyl (C=O) groups is 2. The van der Waals surface area contributed by atoms with Crippen LogP contribution < -0.4 is 10.8 Å².